The number of rotatable bonds is 6. The largest absolute Gasteiger partial charge is 0.370 e. The Labute approximate surface area is 80.1 Å². The molecule has 3 heteroatoms. The number of nitrogens with one attached hydrogen (secondary N) is 1. The van der Waals surface area contributed by atoms with Crippen molar-refractivity contribution in [3.63, 3.8) is 0 Å². The third-order valence-electron chi connectivity index (χ3n) is 2.80. The zero-order valence-electron chi connectivity index (χ0n) is 8.60. The number of nitrogens with two attached hydrogens (primary N) is 1. The van der Waals surface area contributed by atoms with Crippen LogP contribution in [-0.2, 0) is 4.79 Å². The first-order chi connectivity index (χ1) is 6.08. The zero-order valence-corrected chi connectivity index (χ0v) is 8.60. The quantitative estimate of drug-likeness (QED) is 0.648. The summed E-state index contributed by atoms with van der Waals surface area (Å²) in [7, 11) is 0. The standard InChI is InChI=1S/C10H20N2O/c1-3-6-12-10(2,7-9(11)13)8-4-5-8/h8,12H,3-7H2,1-2H3,(H2,11,13). The van der Waals surface area contributed by atoms with Crippen molar-refractivity contribution in [2.24, 2.45) is 11.7 Å². The van der Waals surface area contributed by atoms with E-state index >= 15 is 0 Å². The molecule has 0 saturated heterocycles. The summed E-state index contributed by atoms with van der Waals surface area (Å²) >= 11 is 0. The van der Waals surface area contributed by atoms with Gasteiger partial charge in [-0.2, -0.15) is 0 Å². The fourth-order valence-electron chi connectivity index (χ4n) is 1.84. The van der Waals surface area contributed by atoms with Gasteiger partial charge in [0.15, 0.2) is 0 Å². The van der Waals surface area contributed by atoms with Crippen molar-refractivity contribution in [3.8, 4) is 0 Å². The summed E-state index contributed by atoms with van der Waals surface area (Å²) in [4.78, 5) is 10.9. The molecule has 1 fully saturated rings. The number of primary amides is 1. The molecule has 1 unspecified atom stereocenters. The Balaban J connectivity index is 2.46. The van der Waals surface area contributed by atoms with Gasteiger partial charge in [0.2, 0.25) is 5.91 Å². The highest BCUT2D eigenvalue weighted by Gasteiger charge is 2.41. The van der Waals surface area contributed by atoms with Crippen LogP contribution >= 0.6 is 0 Å². The van der Waals surface area contributed by atoms with E-state index in [0.29, 0.717) is 12.3 Å². The van der Waals surface area contributed by atoms with E-state index < -0.39 is 0 Å². The minimum Gasteiger partial charge on any atom is -0.370 e. The van der Waals surface area contributed by atoms with E-state index in [9.17, 15) is 4.79 Å². The van der Waals surface area contributed by atoms with Crippen LogP contribution in [0.25, 0.3) is 0 Å². The van der Waals surface area contributed by atoms with Gasteiger partial charge in [-0.05, 0) is 38.6 Å². The van der Waals surface area contributed by atoms with E-state index in [2.05, 4.69) is 19.2 Å². The Kier molecular flexibility index (Phi) is 3.31. The summed E-state index contributed by atoms with van der Waals surface area (Å²) in [6.07, 6.45) is 4.04. The third-order valence-corrected chi connectivity index (χ3v) is 2.80. The highest BCUT2D eigenvalue weighted by Crippen LogP contribution is 2.41. The van der Waals surface area contributed by atoms with Gasteiger partial charge in [0, 0.05) is 12.0 Å². The van der Waals surface area contributed by atoms with Crippen molar-refractivity contribution in [3.05, 3.63) is 0 Å². The Morgan fingerprint density at radius 3 is 2.62 bits per heavy atom. The van der Waals surface area contributed by atoms with Gasteiger partial charge in [0.05, 0.1) is 0 Å². The third kappa shape index (κ3) is 2.99. The highest BCUT2D eigenvalue weighted by molar-refractivity contribution is 5.75. The molecule has 0 aromatic rings. The summed E-state index contributed by atoms with van der Waals surface area (Å²) in [5.74, 6) is 0.463. The second-order valence-electron chi connectivity index (χ2n) is 4.26. The van der Waals surface area contributed by atoms with E-state index in [-0.39, 0.29) is 11.4 Å². The molecular formula is C10H20N2O. The number of amides is 1. The maximum Gasteiger partial charge on any atom is 0.219 e. The molecule has 0 aromatic carbocycles. The molecule has 76 valence electrons. The monoisotopic (exact) mass is 184 g/mol. The first-order valence-corrected chi connectivity index (χ1v) is 5.12. The van der Waals surface area contributed by atoms with Crippen LogP contribution in [0, 0.1) is 5.92 Å². The molecule has 1 aliphatic carbocycles. The number of hydrogen-bond donors (Lipinski definition) is 2. The highest BCUT2D eigenvalue weighted by atomic mass is 16.1. The van der Waals surface area contributed by atoms with E-state index in [1.807, 2.05) is 0 Å². The van der Waals surface area contributed by atoms with Crippen LogP contribution in [0.2, 0.25) is 0 Å². The minimum atomic E-state index is -0.196. The van der Waals surface area contributed by atoms with Crippen molar-refractivity contribution in [1.82, 2.24) is 5.32 Å². The number of hydrogen-bond acceptors (Lipinski definition) is 2. The lowest BCUT2D eigenvalue weighted by molar-refractivity contribution is -0.119. The van der Waals surface area contributed by atoms with Crippen molar-refractivity contribution >= 4 is 5.91 Å². The molecule has 1 aliphatic rings. The Hall–Kier alpha value is -0.570. The molecule has 0 heterocycles. The van der Waals surface area contributed by atoms with Gasteiger partial charge in [-0.1, -0.05) is 6.92 Å². The normalized spacial score (nSPS) is 21.1. The summed E-state index contributed by atoms with van der Waals surface area (Å²) in [6.45, 7) is 5.22. The second kappa shape index (κ2) is 4.09. The molecule has 1 amide bonds. The molecule has 0 radical (unpaired) electrons. The van der Waals surface area contributed by atoms with Crippen LogP contribution in [0.4, 0.5) is 0 Å². The van der Waals surface area contributed by atoms with E-state index in [4.69, 9.17) is 5.73 Å². The predicted octanol–water partition coefficient (Wildman–Crippen LogP) is 1.03. The molecule has 3 nitrogen and oxygen atoms in total. The summed E-state index contributed by atoms with van der Waals surface area (Å²) in [6, 6.07) is 0. The molecule has 3 N–H and O–H groups in total. The molecule has 0 spiro atoms. The molecular weight excluding hydrogens is 164 g/mol. The smallest absolute Gasteiger partial charge is 0.219 e. The summed E-state index contributed by atoms with van der Waals surface area (Å²) in [5.41, 5.74) is 5.20. The van der Waals surface area contributed by atoms with Crippen LogP contribution in [0.15, 0.2) is 0 Å². The SMILES string of the molecule is CCCNC(C)(CC(N)=O)C1CC1. The molecule has 0 aromatic heterocycles. The molecule has 0 bridgehead atoms. The van der Waals surface area contributed by atoms with E-state index in [1.165, 1.54) is 12.8 Å². The van der Waals surface area contributed by atoms with Crippen LogP contribution in [0.5, 0.6) is 0 Å². The van der Waals surface area contributed by atoms with E-state index in [0.717, 1.165) is 13.0 Å². The summed E-state index contributed by atoms with van der Waals surface area (Å²) < 4.78 is 0. The molecule has 1 rings (SSSR count). The maximum absolute atomic E-state index is 10.9. The lowest BCUT2D eigenvalue weighted by Gasteiger charge is -2.29. The van der Waals surface area contributed by atoms with Crippen LogP contribution in [0.3, 0.4) is 0 Å². The molecule has 1 saturated carbocycles. The first kappa shape index (κ1) is 10.5. The van der Waals surface area contributed by atoms with Gasteiger partial charge in [-0.3, -0.25) is 4.79 Å². The Bertz CT molecular complexity index is 189. The first-order valence-electron chi connectivity index (χ1n) is 5.12. The van der Waals surface area contributed by atoms with Crippen LogP contribution < -0.4 is 11.1 Å². The van der Waals surface area contributed by atoms with Crippen LogP contribution in [-0.4, -0.2) is 18.0 Å². The molecule has 1 atom stereocenters. The van der Waals surface area contributed by atoms with Gasteiger partial charge >= 0.3 is 0 Å². The van der Waals surface area contributed by atoms with Crippen molar-refractivity contribution in [2.75, 3.05) is 6.54 Å². The average molecular weight is 184 g/mol. The molecule has 13 heavy (non-hydrogen) atoms. The zero-order chi connectivity index (χ0) is 9.90. The Morgan fingerprint density at radius 2 is 2.23 bits per heavy atom. The number of carbonyl (C=O) groups is 1. The van der Waals surface area contributed by atoms with Gasteiger partial charge in [-0.15, -0.1) is 0 Å². The molecule has 0 aliphatic heterocycles. The lowest BCUT2D eigenvalue weighted by Crippen LogP contribution is -2.47. The lowest BCUT2D eigenvalue weighted by atomic mass is 9.91. The topological polar surface area (TPSA) is 55.1 Å². The van der Waals surface area contributed by atoms with Gasteiger partial charge in [0.1, 0.15) is 0 Å². The minimum absolute atomic E-state index is 0.0398. The van der Waals surface area contributed by atoms with Crippen LogP contribution in [0.1, 0.15) is 39.5 Å². The Morgan fingerprint density at radius 1 is 1.62 bits per heavy atom. The fraction of sp³-hybridized carbons (Fsp3) is 0.900. The van der Waals surface area contributed by atoms with E-state index in [1.54, 1.807) is 0 Å². The van der Waals surface area contributed by atoms with Crippen molar-refractivity contribution in [2.45, 2.75) is 45.1 Å². The predicted molar refractivity (Wildman–Crippen MR) is 53.2 cm³/mol. The summed E-state index contributed by atoms with van der Waals surface area (Å²) in [5, 5.41) is 3.44. The average Bonchev–Trinajstić information content (AvgIpc) is 2.81. The maximum atomic E-state index is 10.9. The number of carbonyl (C=O) groups excluding carboxylic acids is 1. The van der Waals surface area contributed by atoms with Gasteiger partial charge in [0.25, 0.3) is 0 Å². The van der Waals surface area contributed by atoms with Crippen molar-refractivity contribution < 1.29 is 4.79 Å². The van der Waals surface area contributed by atoms with Crippen molar-refractivity contribution in [1.29, 1.82) is 0 Å². The second-order valence-corrected chi connectivity index (χ2v) is 4.26. The van der Waals surface area contributed by atoms with Gasteiger partial charge < -0.3 is 11.1 Å². The fourth-order valence-corrected chi connectivity index (χ4v) is 1.84. The van der Waals surface area contributed by atoms with Gasteiger partial charge in [-0.25, -0.2) is 0 Å².